The summed E-state index contributed by atoms with van der Waals surface area (Å²) in [5.74, 6) is 4.43. The molecule has 7 unspecified atom stereocenters. The van der Waals surface area contributed by atoms with E-state index in [4.69, 9.17) is 93.6 Å². The summed E-state index contributed by atoms with van der Waals surface area (Å²) in [4.78, 5) is 10.9. The van der Waals surface area contributed by atoms with Gasteiger partial charge in [-0.25, -0.2) is 9.98 Å². The van der Waals surface area contributed by atoms with Gasteiger partial charge in [-0.3, -0.25) is 43.0 Å². The number of hydrogen-bond acceptors (Lipinski definition) is 28. The second-order valence-electron chi connectivity index (χ2n) is 16.8. The second-order valence-corrected chi connectivity index (χ2v) is 34.3. The number of aliphatic hydroxyl groups is 2. The van der Waals surface area contributed by atoms with Crippen LogP contribution in [0.4, 0.5) is 0 Å². The zero-order chi connectivity index (χ0) is 75.1. The van der Waals surface area contributed by atoms with E-state index >= 15 is 0 Å². The van der Waals surface area contributed by atoms with Gasteiger partial charge in [-0.15, -0.1) is 23.2 Å². The fourth-order valence-corrected chi connectivity index (χ4v) is 15.6. The lowest BCUT2D eigenvalue weighted by Gasteiger charge is -2.22. The van der Waals surface area contributed by atoms with Gasteiger partial charge in [-0.1, -0.05) is 56.0 Å². The number of nitrogens with zero attached hydrogens (tertiary/aromatic N) is 7. The highest BCUT2D eigenvalue weighted by atomic mass is 35.5. The first-order valence-electron chi connectivity index (χ1n) is 26.4. The van der Waals surface area contributed by atoms with Crippen LogP contribution < -0.4 is 25.3 Å². The van der Waals surface area contributed by atoms with E-state index in [1.165, 1.54) is 63.7 Å². The Morgan fingerprint density at radius 3 is 1.27 bits per heavy atom. The minimum Gasteiger partial charge on any atom is -0.497 e. The molecule has 0 radical (unpaired) electrons. The summed E-state index contributed by atoms with van der Waals surface area (Å²) in [5, 5.41) is 28.7. The monoisotopic (exact) mass is 1680 g/mol. The average molecular weight is 1680 g/mol. The third-order valence-electron chi connectivity index (χ3n) is 12.1. The van der Waals surface area contributed by atoms with Crippen molar-refractivity contribution in [1.29, 1.82) is 5.41 Å². The maximum atomic E-state index is 12.7. The molecule has 3 aromatic carbocycles. The van der Waals surface area contributed by atoms with Crippen LogP contribution in [-0.4, -0.2) is 202 Å². The van der Waals surface area contributed by atoms with Crippen molar-refractivity contribution in [2.45, 2.75) is 84.8 Å². The van der Waals surface area contributed by atoms with Crippen molar-refractivity contribution in [2.75, 3.05) is 104 Å². The van der Waals surface area contributed by atoms with Crippen molar-refractivity contribution in [1.82, 2.24) is 29.1 Å². The summed E-state index contributed by atoms with van der Waals surface area (Å²) in [5.41, 5.74) is 8.62. The second kappa shape index (κ2) is 63.6. The van der Waals surface area contributed by atoms with Gasteiger partial charge >= 0.3 is 30.2 Å². The third kappa shape index (κ3) is 38.6. The molecule has 0 aromatic heterocycles. The molecule has 6 N–H and O–H groups in total. The van der Waals surface area contributed by atoms with Crippen LogP contribution in [0, 0.1) is 5.41 Å². The zero-order valence-electron chi connectivity index (χ0n) is 55.9. The summed E-state index contributed by atoms with van der Waals surface area (Å²) >= 11 is 47.9. The molecule has 6 rings (SSSR count). The normalized spacial score (nSPS) is 18.9. The Morgan fingerprint density at radius 1 is 0.719 bits per heavy atom. The molecule has 0 spiro atoms. The van der Waals surface area contributed by atoms with E-state index < -0.39 is 30.2 Å². The van der Waals surface area contributed by atoms with Crippen LogP contribution >= 0.6 is 139 Å². The number of nitrogens with one attached hydrogen (secondary N) is 2. The van der Waals surface area contributed by atoms with E-state index in [2.05, 4.69) is 131 Å². The van der Waals surface area contributed by atoms with E-state index in [-0.39, 0.29) is 54.4 Å². The van der Waals surface area contributed by atoms with Crippen molar-refractivity contribution < 1.29 is 65.3 Å². The summed E-state index contributed by atoms with van der Waals surface area (Å²) in [6.07, 6.45) is 0. The fraction of sp³-hybridized carbons (Fsp3) is 0.519. The Balaban J connectivity index is -0.000000197. The maximum absolute atomic E-state index is 12.7. The number of nitrogens with two attached hydrogens (primary N) is 1. The van der Waals surface area contributed by atoms with Gasteiger partial charge in [0.15, 0.2) is 11.1 Å². The lowest BCUT2D eigenvalue weighted by atomic mass is 10.2. The predicted octanol–water partition coefficient (Wildman–Crippen LogP) is 13.3. The first-order valence-corrected chi connectivity index (χ1v) is 41.8. The van der Waals surface area contributed by atoms with Crippen LogP contribution in [0.1, 0.15) is 58.7 Å². The Bertz CT molecular complexity index is 3060. The fourth-order valence-electron chi connectivity index (χ4n) is 7.17. The summed E-state index contributed by atoms with van der Waals surface area (Å²) < 4.78 is 101. The molecule has 3 aromatic rings. The molecule has 0 bridgehead atoms. The molecule has 0 aliphatic carbocycles. The largest absolute Gasteiger partial charge is 0.497 e. The number of aliphatic hydroxyl groups excluding tert-OH is 2. The van der Waals surface area contributed by atoms with Crippen LogP contribution in [-0.2, 0) is 112 Å². The van der Waals surface area contributed by atoms with Crippen molar-refractivity contribution in [3.63, 3.8) is 0 Å². The van der Waals surface area contributed by atoms with Crippen molar-refractivity contribution in [3.8, 4) is 17.2 Å². The van der Waals surface area contributed by atoms with Gasteiger partial charge < -0.3 is 62.6 Å². The van der Waals surface area contributed by atoms with Crippen LogP contribution in [0.2, 0.25) is 0 Å². The number of halogens is 2. The first kappa shape index (κ1) is 107. The van der Waals surface area contributed by atoms with Gasteiger partial charge in [0.2, 0.25) is 5.96 Å². The molecule has 7 atom stereocenters. The van der Waals surface area contributed by atoms with Gasteiger partial charge in [0, 0.05) is 110 Å². The van der Waals surface area contributed by atoms with Crippen LogP contribution in [0.25, 0.3) is 0 Å². The minimum absolute atomic E-state index is 0. The topological polar surface area (TPSA) is 285 Å². The summed E-state index contributed by atoms with van der Waals surface area (Å²) in [6, 6.07) is 23.0. The molecule has 0 saturated carbocycles. The lowest BCUT2D eigenvalue weighted by Crippen LogP contribution is -2.32. The number of thiocarbonyl (C=S) groups is 7. The number of isothiocyanates is 1. The zero-order valence-corrected chi connectivity index (χ0v) is 70.8. The molecule has 96 heavy (non-hydrogen) atoms. The van der Waals surface area contributed by atoms with Crippen molar-refractivity contribution in [3.05, 3.63) is 89.5 Å². The number of ether oxygens (including phenoxy) is 3. The third-order valence-corrected chi connectivity index (χ3v) is 25.9. The molecule has 548 valence electrons. The van der Waals surface area contributed by atoms with Gasteiger partial charge in [0.05, 0.1) is 31.8 Å². The summed E-state index contributed by atoms with van der Waals surface area (Å²) in [6.45, 7) is 10.8. The predicted molar refractivity (Wildman–Crippen MR) is 438 cm³/mol. The van der Waals surface area contributed by atoms with Crippen molar-refractivity contribution >= 4 is 231 Å². The smallest absolute Gasteiger partial charge is 0.346 e. The quantitative estimate of drug-likeness (QED) is 0.0385. The molecule has 3 heterocycles. The van der Waals surface area contributed by atoms with Crippen LogP contribution in [0.5, 0.6) is 17.2 Å². The molecular formula is C54H92Cl2N10O14P4S12. The maximum Gasteiger partial charge on any atom is 0.346 e. The Hall–Kier alpha value is -2.32. The Labute approximate surface area is 636 Å². The number of rotatable bonds is 16. The molecule has 0 amide bonds. The van der Waals surface area contributed by atoms with Gasteiger partial charge in [0.25, 0.3) is 0 Å². The Morgan fingerprint density at radius 2 is 1.04 bits per heavy atom. The highest BCUT2D eigenvalue weighted by molar-refractivity contribution is 8.42. The van der Waals surface area contributed by atoms with E-state index in [9.17, 15) is 18.3 Å². The number of guanidine groups is 2. The first-order chi connectivity index (χ1) is 44.9. The number of aliphatic imine (C=N–C) groups is 2. The molecular weight excluding hydrogens is 1590 g/mol. The summed E-state index contributed by atoms with van der Waals surface area (Å²) in [7, 11) is 11.2. The Kier molecular flexibility index (Phi) is 70.9. The number of alkyl halides is 2. The highest BCUT2D eigenvalue weighted by Gasteiger charge is 2.50. The SMILES string of the molecule is C.C=S.CCO.CN=C=S.CO.COP1(=O)C(C)N=C(N)N1C.COc1ccc(CN2C(=N)N(C)P(=O)(OC)C2C)cc1.COc1ccc(CN2C(=S)N(C)P(=O)(OC)C2C)cc1.COc1ccc(CNC(C)P(=O)(OC)OC)cc1.ClCCl.S=C=S.S=C=S=S.S=C=S=S=S. The van der Waals surface area contributed by atoms with Crippen LogP contribution in [0.15, 0.2) is 82.8 Å². The number of hydrogen-bond donors (Lipinski definition) is 5. The molecule has 2 saturated heterocycles. The van der Waals surface area contributed by atoms with Crippen molar-refractivity contribution in [2.24, 2.45) is 15.7 Å². The number of benzene rings is 3. The van der Waals surface area contributed by atoms with Crippen LogP contribution in [0.3, 0.4) is 0 Å². The highest BCUT2D eigenvalue weighted by Crippen LogP contribution is 2.61. The van der Waals surface area contributed by atoms with Gasteiger partial charge in [0.1, 0.15) is 40.4 Å². The van der Waals surface area contributed by atoms with E-state index in [0.29, 0.717) is 24.7 Å². The van der Waals surface area contributed by atoms with Gasteiger partial charge in [-0.2, -0.15) is 0 Å². The van der Waals surface area contributed by atoms with E-state index in [1.54, 1.807) is 79.9 Å². The average Bonchev–Trinajstić information content (AvgIpc) is 1.63. The lowest BCUT2D eigenvalue weighted by molar-refractivity contribution is 0.261. The number of methoxy groups -OCH3 is 3. The molecule has 2 fully saturated rings. The van der Waals surface area contributed by atoms with E-state index in [1.807, 2.05) is 95.9 Å². The molecule has 3 aliphatic rings. The molecule has 3 aliphatic heterocycles. The van der Waals surface area contributed by atoms with Gasteiger partial charge in [-0.05, 0) is 218 Å². The molecule has 24 nitrogen and oxygen atoms in total. The minimum atomic E-state index is -3.06. The molecule has 42 heteroatoms. The van der Waals surface area contributed by atoms with E-state index in [0.717, 1.165) is 51.0 Å². The standard InChI is InChI=1S/C13H20N3O3P.C13H19N2O3PS.C12H20NO4P.C5H12N3O2P.C2H3NS.C2H6O.CH2Cl2.CH4O.CS4.CS3.CS2.CH2S.CH4/c1-10-16(13(14)15(2)20(10,17)19-4)9-11-5-7-12(18-3)8-6-11;1-10-15(13(20)14(2)19(10,16)18-4)9-11-5-7-12(17-3)8-6-11;1-10(18(14,16-3)17-4)13-9-11-5-7-12(15-2)8-6-11;1-4-7-5(6)8(2)11(4,9)10-3;1-3-2-4;1-2-3;2-1-3;1-2;2-1-4-5-3;2-1-4-3;2-1-3;1-2;/h5-8,10,14H,9H2,1-4H3;5-8,10H,9H2,1-4H3;5-8,10,13H,9H2,1-4H3;4H,1-3H3,(H2,6,7);1H3;3H,2H2,1H3;1H2;2H,1H3;;;;1H2;1H4.